The number of nitrogens with zero attached hydrogens (tertiary/aromatic N) is 1. The number of carbonyl (C=O) groups excluding carboxylic acids is 3. The maximum atomic E-state index is 13.8. The Hall–Kier alpha value is -2.77. The Morgan fingerprint density at radius 1 is 1.00 bits per heavy atom. The van der Waals surface area contributed by atoms with Gasteiger partial charge in [0.25, 0.3) is 0 Å². The number of aryl methyl sites for hydroxylation is 1. The molecule has 8 nitrogen and oxygen atoms in total. The van der Waals surface area contributed by atoms with Gasteiger partial charge in [0, 0.05) is 17.6 Å². The minimum absolute atomic E-state index is 0.0231. The van der Waals surface area contributed by atoms with Gasteiger partial charge < -0.3 is 25.4 Å². The van der Waals surface area contributed by atoms with Gasteiger partial charge in [-0.1, -0.05) is 57.2 Å². The third-order valence-electron chi connectivity index (χ3n) is 5.76. The van der Waals surface area contributed by atoms with Gasteiger partial charge in [0.05, 0.1) is 0 Å². The number of alkyl carbamates (subject to hydrolysis) is 1. The van der Waals surface area contributed by atoms with E-state index < -0.39 is 41.1 Å². The maximum Gasteiger partial charge on any atom is 0.408 e. The van der Waals surface area contributed by atoms with Gasteiger partial charge in [-0.15, -0.1) is 0 Å². The van der Waals surface area contributed by atoms with E-state index in [0.717, 1.165) is 32.1 Å². The molecule has 37 heavy (non-hydrogen) atoms. The summed E-state index contributed by atoms with van der Waals surface area (Å²) < 4.78 is 5.33. The van der Waals surface area contributed by atoms with Crippen LogP contribution in [-0.2, 0) is 14.3 Å². The lowest BCUT2D eigenvalue weighted by Gasteiger charge is -2.35. The summed E-state index contributed by atoms with van der Waals surface area (Å²) in [5.74, 6) is -0.836. The van der Waals surface area contributed by atoms with Crippen LogP contribution < -0.4 is 10.6 Å². The van der Waals surface area contributed by atoms with Crippen LogP contribution in [0.15, 0.2) is 18.2 Å². The van der Waals surface area contributed by atoms with Gasteiger partial charge in [0.1, 0.15) is 23.4 Å². The Bertz CT molecular complexity index is 902. The van der Waals surface area contributed by atoms with Gasteiger partial charge in [-0.25, -0.2) is 4.79 Å². The molecule has 1 aromatic rings. The normalized spacial score (nSPS) is 13.4. The monoisotopic (exact) mass is 519 g/mol. The first kappa shape index (κ1) is 32.3. The smallest absolute Gasteiger partial charge is 0.408 e. The quantitative estimate of drug-likeness (QED) is 0.304. The molecule has 3 N–H and O–H groups in total. The van der Waals surface area contributed by atoms with Crippen LogP contribution in [-0.4, -0.2) is 51.6 Å². The molecule has 0 aliphatic carbocycles. The minimum atomic E-state index is -1.06. The lowest BCUT2D eigenvalue weighted by atomic mass is 9.97. The molecule has 1 aromatic carbocycles. The Labute approximate surface area is 223 Å². The molecule has 2 unspecified atom stereocenters. The van der Waals surface area contributed by atoms with Gasteiger partial charge >= 0.3 is 6.09 Å². The van der Waals surface area contributed by atoms with E-state index in [1.165, 1.54) is 4.90 Å². The van der Waals surface area contributed by atoms with Crippen LogP contribution in [0.4, 0.5) is 4.79 Å². The molecule has 0 aromatic heterocycles. The highest BCUT2D eigenvalue weighted by atomic mass is 16.6. The molecular formula is C29H49N3O5. The molecule has 0 saturated carbocycles. The zero-order chi connectivity index (χ0) is 28.4. The molecule has 0 saturated heterocycles. The average Bonchev–Trinajstić information content (AvgIpc) is 2.74. The predicted molar refractivity (Wildman–Crippen MR) is 147 cm³/mol. The molecular weight excluding hydrogens is 470 g/mol. The van der Waals surface area contributed by atoms with Crippen LogP contribution in [0.1, 0.15) is 111 Å². The van der Waals surface area contributed by atoms with E-state index in [9.17, 15) is 19.5 Å². The number of ether oxygens (including phenoxy) is 1. The molecule has 210 valence electrons. The Balaban J connectivity index is 3.38. The van der Waals surface area contributed by atoms with Crippen molar-refractivity contribution in [1.29, 1.82) is 0 Å². The number of hydrogen-bond acceptors (Lipinski definition) is 5. The van der Waals surface area contributed by atoms with Gasteiger partial charge in [-0.05, 0) is 67.4 Å². The average molecular weight is 520 g/mol. The molecule has 1 rings (SSSR count). The molecule has 8 heteroatoms. The van der Waals surface area contributed by atoms with E-state index in [4.69, 9.17) is 4.74 Å². The summed E-state index contributed by atoms with van der Waals surface area (Å²) >= 11 is 0. The van der Waals surface area contributed by atoms with Crippen LogP contribution in [0.25, 0.3) is 0 Å². The topological polar surface area (TPSA) is 108 Å². The van der Waals surface area contributed by atoms with Crippen molar-refractivity contribution in [3.8, 4) is 5.75 Å². The van der Waals surface area contributed by atoms with Crippen LogP contribution in [0.5, 0.6) is 5.75 Å². The molecule has 2 atom stereocenters. The highest BCUT2D eigenvalue weighted by Gasteiger charge is 2.37. The molecule has 0 aliphatic heterocycles. The number of para-hydroxylation sites is 1. The van der Waals surface area contributed by atoms with Crippen LogP contribution in [0.3, 0.4) is 0 Å². The lowest BCUT2D eigenvalue weighted by Crippen LogP contribution is -2.54. The molecule has 0 heterocycles. The number of hydrogen-bond donors (Lipinski definition) is 3. The highest BCUT2D eigenvalue weighted by Crippen LogP contribution is 2.33. The van der Waals surface area contributed by atoms with E-state index in [-0.39, 0.29) is 5.75 Å². The van der Waals surface area contributed by atoms with E-state index in [1.807, 2.05) is 20.8 Å². The second-order valence-electron chi connectivity index (χ2n) is 11.8. The number of phenols is 1. The Morgan fingerprint density at radius 2 is 1.59 bits per heavy atom. The van der Waals surface area contributed by atoms with E-state index in [1.54, 1.807) is 52.8 Å². The summed E-state index contributed by atoms with van der Waals surface area (Å²) in [4.78, 5) is 41.3. The SMILES string of the molecule is CCCCCCCCN(C(=O)C(C)NC(=O)OC(C)(C)C)C(C(=O)NC(C)(C)C)c1cccc(C)c1O. The number of amides is 3. The number of carbonyl (C=O) groups is 3. The van der Waals surface area contributed by atoms with Crippen molar-refractivity contribution in [2.75, 3.05) is 6.54 Å². The third-order valence-corrected chi connectivity index (χ3v) is 5.76. The van der Waals surface area contributed by atoms with Crippen molar-refractivity contribution in [2.45, 2.75) is 124 Å². The lowest BCUT2D eigenvalue weighted by molar-refractivity contribution is -0.143. The van der Waals surface area contributed by atoms with Gasteiger partial charge in [-0.3, -0.25) is 9.59 Å². The van der Waals surface area contributed by atoms with E-state index in [0.29, 0.717) is 24.1 Å². The second kappa shape index (κ2) is 14.2. The number of aromatic hydroxyl groups is 1. The molecule has 0 radical (unpaired) electrons. The summed E-state index contributed by atoms with van der Waals surface area (Å²) in [5, 5.41) is 16.5. The van der Waals surface area contributed by atoms with Crippen molar-refractivity contribution >= 4 is 17.9 Å². The number of benzene rings is 1. The Kier molecular flexibility index (Phi) is 12.4. The fourth-order valence-electron chi connectivity index (χ4n) is 4.01. The fraction of sp³-hybridized carbons (Fsp3) is 0.690. The molecule has 0 aliphatic rings. The summed E-state index contributed by atoms with van der Waals surface area (Å²) in [7, 11) is 0. The zero-order valence-electron chi connectivity index (χ0n) is 24.4. The minimum Gasteiger partial charge on any atom is -0.507 e. The molecule has 0 fully saturated rings. The van der Waals surface area contributed by atoms with Crippen molar-refractivity contribution < 1.29 is 24.2 Å². The van der Waals surface area contributed by atoms with Crippen molar-refractivity contribution in [2.24, 2.45) is 0 Å². The summed E-state index contributed by atoms with van der Waals surface area (Å²) in [6.45, 7) is 16.6. The van der Waals surface area contributed by atoms with Crippen molar-refractivity contribution in [3.63, 3.8) is 0 Å². The number of nitrogens with one attached hydrogen (secondary N) is 2. The van der Waals surface area contributed by atoms with Crippen LogP contribution in [0.2, 0.25) is 0 Å². The summed E-state index contributed by atoms with van der Waals surface area (Å²) in [6, 6.07) is 3.18. The van der Waals surface area contributed by atoms with Crippen molar-refractivity contribution in [3.05, 3.63) is 29.3 Å². The summed E-state index contributed by atoms with van der Waals surface area (Å²) in [5.41, 5.74) is -0.305. The summed E-state index contributed by atoms with van der Waals surface area (Å²) in [6.07, 6.45) is 5.35. The maximum absolute atomic E-state index is 13.8. The molecule has 0 spiro atoms. The Morgan fingerprint density at radius 3 is 2.16 bits per heavy atom. The van der Waals surface area contributed by atoms with Gasteiger partial charge in [0.15, 0.2) is 0 Å². The zero-order valence-corrected chi connectivity index (χ0v) is 24.4. The van der Waals surface area contributed by atoms with Gasteiger partial charge in [0.2, 0.25) is 11.8 Å². The first-order valence-electron chi connectivity index (χ1n) is 13.5. The largest absolute Gasteiger partial charge is 0.507 e. The predicted octanol–water partition coefficient (Wildman–Crippen LogP) is 5.76. The molecule has 3 amide bonds. The van der Waals surface area contributed by atoms with Crippen molar-refractivity contribution in [1.82, 2.24) is 15.5 Å². The number of rotatable bonds is 12. The standard InChI is InChI=1S/C29H49N3O5/c1-10-11-12-13-14-15-19-32(26(35)21(3)30-27(36)37-29(7,8)9)23(25(34)31-28(4,5)6)22-18-16-17-20(2)24(22)33/h16-18,21,23,33H,10-15,19H2,1-9H3,(H,30,36)(H,31,34). The van der Waals surface area contributed by atoms with E-state index >= 15 is 0 Å². The first-order valence-corrected chi connectivity index (χ1v) is 13.5. The second-order valence-corrected chi connectivity index (χ2v) is 11.8. The highest BCUT2D eigenvalue weighted by molar-refractivity contribution is 5.92. The van der Waals surface area contributed by atoms with E-state index in [2.05, 4.69) is 17.6 Å². The van der Waals surface area contributed by atoms with Crippen LogP contribution in [0, 0.1) is 6.92 Å². The van der Waals surface area contributed by atoms with Crippen LogP contribution >= 0.6 is 0 Å². The first-order chi connectivity index (χ1) is 17.1. The third kappa shape index (κ3) is 11.4. The fourth-order valence-corrected chi connectivity index (χ4v) is 4.01. The number of unbranched alkanes of at least 4 members (excludes halogenated alkanes) is 5. The van der Waals surface area contributed by atoms with Gasteiger partial charge in [-0.2, -0.15) is 0 Å². The molecule has 0 bridgehead atoms. The number of phenolic OH excluding ortho intramolecular Hbond substituents is 1.